The van der Waals surface area contributed by atoms with E-state index in [-0.39, 0.29) is 0 Å². The average molecular weight is 280 g/mol. The number of benzene rings is 1. The minimum atomic E-state index is 0.403. The molecule has 0 unspecified atom stereocenters. The van der Waals surface area contributed by atoms with Crippen molar-refractivity contribution in [2.24, 2.45) is 0 Å². The second-order valence-corrected chi connectivity index (χ2v) is 5.20. The van der Waals surface area contributed by atoms with E-state index in [4.69, 9.17) is 0 Å². The Morgan fingerprint density at radius 1 is 1.31 bits per heavy atom. The van der Waals surface area contributed by atoms with Crippen molar-refractivity contribution in [3.05, 3.63) is 28.5 Å². The van der Waals surface area contributed by atoms with Crippen molar-refractivity contribution >= 4 is 27.0 Å². The van der Waals surface area contributed by atoms with Gasteiger partial charge < -0.3 is 10.3 Å². The van der Waals surface area contributed by atoms with Gasteiger partial charge in [0.05, 0.1) is 17.1 Å². The van der Waals surface area contributed by atoms with Crippen LogP contribution in [0.3, 0.4) is 0 Å². The molecule has 0 saturated carbocycles. The third-order valence-corrected chi connectivity index (χ3v) is 3.60. The Morgan fingerprint density at radius 3 is 3.06 bits per heavy atom. The van der Waals surface area contributed by atoms with Gasteiger partial charge in [0.2, 0.25) is 0 Å². The SMILES string of the molecule is Brc1ccc2nc([C@H]3CCCCN3)[nH]c2c1. The lowest BCUT2D eigenvalue weighted by atomic mass is 10.0. The van der Waals surface area contributed by atoms with E-state index in [1.54, 1.807) is 0 Å². The normalized spacial score (nSPS) is 21.4. The molecule has 0 amide bonds. The van der Waals surface area contributed by atoms with Gasteiger partial charge in [0, 0.05) is 4.47 Å². The molecule has 3 rings (SSSR count). The van der Waals surface area contributed by atoms with E-state index < -0.39 is 0 Å². The second-order valence-electron chi connectivity index (χ2n) is 4.29. The smallest absolute Gasteiger partial charge is 0.124 e. The number of hydrogen-bond acceptors (Lipinski definition) is 2. The largest absolute Gasteiger partial charge is 0.341 e. The summed E-state index contributed by atoms with van der Waals surface area (Å²) >= 11 is 3.47. The highest BCUT2D eigenvalue weighted by molar-refractivity contribution is 9.10. The third kappa shape index (κ3) is 1.87. The van der Waals surface area contributed by atoms with E-state index in [2.05, 4.69) is 37.3 Å². The number of nitrogens with zero attached hydrogens (tertiary/aromatic N) is 1. The van der Waals surface area contributed by atoms with Gasteiger partial charge in [-0.1, -0.05) is 22.4 Å². The van der Waals surface area contributed by atoms with Crippen molar-refractivity contribution in [3.8, 4) is 0 Å². The first-order chi connectivity index (χ1) is 7.83. The molecule has 0 bridgehead atoms. The number of piperidine rings is 1. The average Bonchev–Trinajstić information content (AvgIpc) is 2.73. The number of imidazole rings is 1. The van der Waals surface area contributed by atoms with Gasteiger partial charge in [-0.15, -0.1) is 0 Å². The minimum Gasteiger partial charge on any atom is -0.341 e. The van der Waals surface area contributed by atoms with Crippen LogP contribution in [0.5, 0.6) is 0 Å². The highest BCUT2D eigenvalue weighted by Gasteiger charge is 2.17. The highest BCUT2D eigenvalue weighted by Crippen LogP contribution is 2.24. The van der Waals surface area contributed by atoms with Gasteiger partial charge in [-0.2, -0.15) is 0 Å². The fraction of sp³-hybridized carbons (Fsp3) is 0.417. The quantitative estimate of drug-likeness (QED) is 0.842. The molecule has 0 radical (unpaired) electrons. The first-order valence-electron chi connectivity index (χ1n) is 5.71. The van der Waals surface area contributed by atoms with Gasteiger partial charge in [-0.25, -0.2) is 4.98 Å². The molecule has 0 aliphatic carbocycles. The van der Waals surface area contributed by atoms with Crippen molar-refractivity contribution < 1.29 is 0 Å². The van der Waals surface area contributed by atoms with Crippen molar-refractivity contribution in [1.29, 1.82) is 0 Å². The summed E-state index contributed by atoms with van der Waals surface area (Å²) in [6, 6.07) is 6.55. The molecule has 1 aliphatic rings. The summed E-state index contributed by atoms with van der Waals surface area (Å²) < 4.78 is 1.09. The number of H-pyrrole nitrogens is 1. The van der Waals surface area contributed by atoms with Crippen LogP contribution in [-0.2, 0) is 0 Å². The summed E-state index contributed by atoms with van der Waals surface area (Å²) in [5.74, 6) is 1.08. The Labute approximate surface area is 103 Å². The van der Waals surface area contributed by atoms with Gasteiger partial charge in [0.15, 0.2) is 0 Å². The fourth-order valence-corrected chi connectivity index (χ4v) is 2.61. The second kappa shape index (κ2) is 4.18. The molecule has 4 heteroatoms. The van der Waals surface area contributed by atoms with Crippen molar-refractivity contribution in [2.45, 2.75) is 25.3 Å². The van der Waals surface area contributed by atoms with Gasteiger partial charge in [-0.05, 0) is 37.6 Å². The van der Waals surface area contributed by atoms with Gasteiger partial charge in [0.1, 0.15) is 5.82 Å². The Hall–Kier alpha value is -0.870. The number of halogens is 1. The topological polar surface area (TPSA) is 40.7 Å². The van der Waals surface area contributed by atoms with E-state index in [1.807, 2.05) is 12.1 Å². The van der Waals surface area contributed by atoms with Gasteiger partial charge >= 0.3 is 0 Å². The van der Waals surface area contributed by atoms with Crippen LogP contribution in [0, 0.1) is 0 Å². The lowest BCUT2D eigenvalue weighted by molar-refractivity contribution is 0.400. The van der Waals surface area contributed by atoms with Crippen LogP contribution < -0.4 is 5.32 Å². The van der Waals surface area contributed by atoms with E-state index in [0.717, 1.165) is 27.9 Å². The molecule has 2 N–H and O–H groups in total. The van der Waals surface area contributed by atoms with Crippen LogP contribution in [0.25, 0.3) is 11.0 Å². The monoisotopic (exact) mass is 279 g/mol. The lowest BCUT2D eigenvalue weighted by Crippen LogP contribution is -2.27. The molecule has 1 fully saturated rings. The molecule has 1 atom stereocenters. The predicted molar refractivity (Wildman–Crippen MR) is 68.4 cm³/mol. The number of hydrogen-bond donors (Lipinski definition) is 2. The molecular weight excluding hydrogens is 266 g/mol. The number of fused-ring (bicyclic) bond motifs is 1. The maximum Gasteiger partial charge on any atom is 0.124 e. The number of aromatic nitrogens is 2. The van der Waals surface area contributed by atoms with Crippen LogP contribution in [0.1, 0.15) is 31.1 Å². The van der Waals surface area contributed by atoms with E-state index in [0.29, 0.717) is 6.04 Å². The molecule has 1 aromatic carbocycles. The predicted octanol–water partition coefficient (Wildman–Crippen LogP) is 3.14. The maximum atomic E-state index is 4.64. The summed E-state index contributed by atoms with van der Waals surface area (Å²) in [5, 5.41) is 3.51. The van der Waals surface area contributed by atoms with Gasteiger partial charge in [0.25, 0.3) is 0 Å². The van der Waals surface area contributed by atoms with E-state index in [1.165, 1.54) is 19.3 Å². The molecular formula is C12H14BrN3. The standard InChI is InChI=1S/C12H14BrN3/c13-8-4-5-9-11(7-8)16-12(15-9)10-3-1-2-6-14-10/h4-5,7,10,14H,1-3,6H2,(H,15,16)/t10-/m1/s1. The molecule has 2 heterocycles. The molecule has 1 saturated heterocycles. The van der Waals surface area contributed by atoms with E-state index >= 15 is 0 Å². The Morgan fingerprint density at radius 2 is 2.25 bits per heavy atom. The van der Waals surface area contributed by atoms with Crippen molar-refractivity contribution in [1.82, 2.24) is 15.3 Å². The van der Waals surface area contributed by atoms with Crippen LogP contribution in [0.4, 0.5) is 0 Å². The first kappa shape index (κ1) is 10.3. The zero-order valence-electron chi connectivity index (χ0n) is 8.96. The number of nitrogens with one attached hydrogen (secondary N) is 2. The summed E-state index contributed by atoms with van der Waals surface area (Å²) in [5.41, 5.74) is 2.15. The Balaban J connectivity index is 1.97. The summed E-state index contributed by atoms with van der Waals surface area (Å²) in [7, 11) is 0. The Kier molecular flexibility index (Phi) is 2.69. The zero-order chi connectivity index (χ0) is 11.0. The highest BCUT2D eigenvalue weighted by atomic mass is 79.9. The third-order valence-electron chi connectivity index (χ3n) is 3.10. The summed E-state index contributed by atoms with van der Waals surface area (Å²) in [6.07, 6.45) is 3.75. The van der Waals surface area contributed by atoms with Crippen LogP contribution in [-0.4, -0.2) is 16.5 Å². The fourth-order valence-electron chi connectivity index (χ4n) is 2.25. The minimum absolute atomic E-state index is 0.403. The summed E-state index contributed by atoms with van der Waals surface area (Å²) in [6.45, 7) is 1.10. The first-order valence-corrected chi connectivity index (χ1v) is 6.51. The molecule has 2 aromatic rings. The van der Waals surface area contributed by atoms with Crippen LogP contribution in [0.2, 0.25) is 0 Å². The van der Waals surface area contributed by atoms with Crippen molar-refractivity contribution in [3.63, 3.8) is 0 Å². The van der Waals surface area contributed by atoms with Crippen molar-refractivity contribution in [2.75, 3.05) is 6.54 Å². The lowest BCUT2D eigenvalue weighted by Gasteiger charge is -2.21. The number of rotatable bonds is 1. The molecule has 84 valence electrons. The molecule has 3 nitrogen and oxygen atoms in total. The van der Waals surface area contributed by atoms with Crippen LogP contribution in [0.15, 0.2) is 22.7 Å². The summed E-state index contributed by atoms with van der Waals surface area (Å²) in [4.78, 5) is 8.04. The zero-order valence-corrected chi connectivity index (χ0v) is 10.5. The Bertz CT molecular complexity index is 500. The molecule has 16 heavy (non-hydrogen) atoms. The van der Waals surface area contributed by atoms with Crippen LogP contribution >= 0.6 is 15.9 Å². The van der Waals surface area contributed by atoms with Gasteiger partial charge in [-0.3, -0.25) is 0 Å². The molecule has 1 aromatic heterocycles. The van der Waals surface area contributed by atoms with E-state index in [9.17, 15) is 0 Å². The maximum absolute atomic E-state index is 4.64. The number of aromatic amines is 1. The molecule has 0 spiro atoms. The molecule has 1 aliphatic heterocycles.